The highest BCUT2D eigenvalue weighted by Gasteiger charge is 2.27. The van der Waals surface area contributed by atoms with Crippen molar-refractivity contribution in [2.75, 3.05) is 0 Å². The Morgan fingerprint density at radius 3 is 1.78 bits per heavy atom. The fourth-order valence-corrected chi connectivity index (χ4v) is 1.21. The fraction of sp³-hybridized carbons (Fsp3) is 0. The highest BCUT2D eigenvalue weighted by atomic mass is 31.3. The minimum atomic E-state index is -5.06. The summed E-state index contributed by atoms with van der Waals surface area (Å²) in [6.45, 7) is 0. The Morgan fingerprint density at radius 2 is 1.67 bits per heavy atom. The smallest absolute Gasteiger partial charge is 0.302 e. The molecule has 9 heteroatoms. The quantitative estimate of drug-likeness (QED) is 0.417. The summed E-state index contributed by atoms with van der Waals surface area (Å²) >= 11 is 0. The van der Waals surface area contributed by atoms with Crippen molar-refractivity contribution in [3.8, 4) is 0 Å². The molecule has 0 saturated carbocycles. The SMILES string of the molecule is [2H]OP(=O)(O)OP(=O)(O)O. The van der Waals surface area contributed by atoms with Crippen molar-refractivity contribution in [1.82, 2.24) is 0 Å². The molecule has 0 aliphatic carbocycles. The van der Waals surface area contributed by atoms with Gasteiger partial charge in [-0.25, -0.2) is 9.13 Å². The van der Waals surface area contributed by atoms with Gasteiger partial charge in [-0.3, -0.25) is 0 Å². The normalized spacial score (nSPS) is 20.6. The Hall–Kier alpha value is 0.260. The zero-order valence-electron chi connectivity index (χ0n) is 4.87. The van der Waals surface area contributed by atoms with Gasteiger partial charge < -0.3 is 19.6 Å². The van der Waals surface area contributed by atoms with Crippen LogP contribution in [0, 0.1) is 0 Å². The molecule has 0 aromatic heterocycles. The van der Waals surface area contributed by atoms with Gasteiger partial charge in [0.05, 0.1) is 0 Å². The Balaban J connectivity index is 4.17. The van der Waals surface area contributed by atoms with Crippen LogP contribution in [0.15, 0.2) is 0 Å². The molecule has 0 aliphatic heterocycles. The molecule has 0 radical (unpaired) electrons. The topological polar surface area (TPSA) is 124 Å². The Morgan fingerprint density at radius 1 is 1.22 bits per heavy atom. The van der Waals surface area contributed by atoms with Crippen molar-refractivity contribution in [2.45, 2.75) is 0 Å². The lowest BCUT2D eigenvalue weighted by Gasteiger charge is -2.03. The van der Waals surface area contributed by atoms with E-state index in [9.17, 15) is 9.13 Å². The van der Waals surface area contributed by atoms with Gasteiger partial charge in [-0.1, -0.05) is 0 Å². The summed E-state index contributed by atoms with van der Waals surface area (Å²) in [5, 5.41) is 0. The van der Waals surface area contributed by atoms with Crippen LogP contribution in [-0.2, 0) is 13.4 Å². The Kier molecular flexibility index (Phi) is 2.03. The third kappa shape index (κ3) is 8.26. The molecule has 4 N–H and O–H groups in total. The molecular formula is H4O7P2. The molecule has 56 valence electrons. The molecule has 0 aromatic carbocycles. The highest BCUT2D eigenvalue weighted by molar-refractivity contribution is 7.60. The van der Waals surface area contributed by atoms with Crippen molar-refractivity contribution in [2.24, 2.45) is 0 Å². The van der Waals surface area contributed by atoms with E-state index in [-0.39, 0.29) is 0 Å². The van der Waals surface area contributed by atoms with E-state index < -0.39 is 15.6 Å². The van der Waals surface area contributed by atoms with Crippen molar-refractivity contribution < 1.29 is 33.0 Å². The van der Waals surface area contributed by atoms with Gasteiger partial charge in [0.1, 0.15) is 0 Å². The van der Waals surface area contributed by atoms with Gasteiger partial charge in [0.2, 0.25) is 1.43 Å². The van der Waals surface area contributed by atoms with E-state index in [1.54, 1.807) is 0 Å². The molecule has 1 unspecified atom stereocenters. The first-order chi connectivity index (χ1) is 4.27. The van der Waals surface area contributed by atoms with Gasteiger partial charge in [-0.15, -0.1) is 0 Å². The predicted molar refractivity (Wildman–Crippen MR) is 25.2 cm³/mol. The number of hydrogen-bond acceptors (Lipinski definition) is 4. The summed E-state index contributed by atoms with van der Waals surface area (Å²) in [6, 6.07) is 0. The molecule has 0 spiro atoms. The standard InChI is InChI=1S/H4O7P2/c1-8(2,3)7-9(4,5)6/h(H2,1,2,3)(H2,4,5,6)/i/hD. The largest absolute Gasteiger partial charge is 0.478 e. The minimum Gasteiger partial charge on any atom is -0.302 e. The maximum atomic E-state index is 10.0. The summed E-state index contributed by atoms with van der Waals surface area (Å²) in [7, 11) is -9.95. The second kappa shape index (κ2) is 2.48. The molecule has 0 saturated heterocycles. The van der Waals surface area contributed by atoms with Crippen LogP contribution >= 0.6 is 15.6 Å². The van der Waals surface area contributed by atoms with E-state index in [4.69, 9.17) is 16.1 Å². The van der Waals surface area contributed by atoms with Gasteiger partial charge in [0.25, 0.3) is 0 Å². The molecule has 0 amide bonds. The highest BCUT2D eigenvalue weighted by Crippen LogP contribution is 2.53. The summed E-state index contributed by atoms with van der Waals surface area (Å²) in [5.74, 6) is 0. The van der Waals surface area contributed by atoms with E-state index in [1.807, 2.05) is 0 Å². The molecule has 0 aliphatic rings. The second-order valence-electron chi connectivity index (χ2n) is 1.04. The molecule has 9 heavy (non-hydrogen) atoms. The zero-order chi connectivity index (χ0) is 8.41. The van der Waals surface area contributed by atoms with Gasteiger partial charge in [-0.2, -0.15) is 4.31 Å². The molecule has 0 bridgehead atoms. The first kappa shape index (κ1) is 7.37. The maximum Gasteiger partial charge on any atom is 0.478 e. The van der Waals surface area contributed by atoms with Crippen LogP contribution in [0.5, 0.6) is 0 Å². The molecular weight excluding hydrogens is 174 g/mol. The van der Waals surface area contributed by atoms with Crippen LogP contribution in [0.4, 0.5) is 0 Å². The van der Waals surface area contributed by atoms with Crippen LogP contribution in [0.25, 0.3) is 0 Å². The van der Waals surface area contributed by atoms with Crippen LogP contribution < -0.4 is 0 Å². The third-order valence-electron chi connectivity index (χ3n) is 0.210. The molecule has 0 heterocycles. The van der Waals surface area contributed by atoms with Gasteiger partial charge >= 0.3 is 15.6 Å². The van der Waals surface area contributed by atoms with Gasteiger partial charge in [0.15, 0.2) is 0 Å². The minimum absolute atomic E-state index is 2.96. The molecule has 0 rings (SSSR count). The van der Waals surface area contributed by atoms with Crippen LogP contribution in [-0.4, -0.2) is 21.0 Å². The first-order valence-corrected chi connectivity index (χ1v) is 4.54. The van der Waals surface area contributed by atoms with Gasteiger partial charge in [-0.05, 0) is 0 Å². The molecule has 0 aromatic rings. The van der Waals surface area contributed by atoms with E-state index in [0.717, 1.165) is 0 Å². The molecule has 1 atom stereocenters. The maximum absolute atomic E-state index is 10.0. The lowest BCUT2D eigenvalue weighted by atomic mass is 15.7. The number of hydrogen-bond donors (Lipinski definition) is 4. The average molecular weight is 179 g/mol. The first-order valence-electron chi connectivity index (χ1n) is 1.92. The van der Waals surface area contributed by atoms with E-state index >= 15 is 0 Å². The lowest BCUT2D eigenvalue weighted by Crippen LogP contribution is -1.84. The monoisotopic (exact) mass is 179 g/mol. The average Bonchev–Trinajstić information content (AvgIpc) is 1.60. The number of phosphoric acid groups is 2. The van der Waals surface area contributed by atoms with Crippen molar-refractivity contribution >= 4 is 15.6 Å². The van der Waals surface area contributed by atoms with Crippen LogP contribution in [0.2, 0.25) is 0 Å². The third-order valence-corrected chi connectivity index (χ3v) is 1.89. The summed E-state index contributed by atoms with van der Waals surface area (Å²) in [5.41, 5.74) is 0. The fourth-order valence-electron chi connectivity index (χ4n) is 0.134. The van der Waals surface area contributed by atoms with E-state index in [1.165, 1.54) is 0 Å². The van der Waals surface area contributed by atoms with Crippen molar-refractivity contribution in [3.63, 3.8) is 0 Å². The van der Waals surface area contributed by atoms with Crippen LogP contribution in [0.1, 0.15) is 0 Å². The predicted octanol–water partition coefficient (Wildman–Crippen LogP) is -0.812. The van der Waals surface area contributed by atoms with E-state index in [2.05, 4.69) is 9.21 Å². The summed E-state index contributed by atoms with van der Waals surface area (Å²) in [6.07, 6.45) is 0. The van der Waals surface area contributed by atoms with Crippen LogP contribution in [0.3, 0.4) is 0 Å². The van der Waals surface area contributed by atoms with Crippen molar-refractivity contribution in [1.29, 1.82) is 1.43 Å². The van der Waals surface area contributed by atoms with Gasteiger partial charge in [0, 0.05) is 0 Å². The summed E-state index contributed by atoms with van der Waals surface area (Å²) in [4.78, 5) is 26.8. The second-order valence-corrected chi connectivity index (χ2v) is 3.61. The number of rotatable bonds is 3. The molecule has 7 nitrogen and oxygen atoms in total. The van der Waals surface area contributed by atoms with Crippen molar-refractivity contribution in [3.05, 3.63) is 0 Å². The lowest BCUT2D eigenvalue weighted by molar-refractivity contribution is 0.225. The zero-order valence-corrected chi connectivity index (χ0v) is 5.66. The molecule has 0 fully saturated rings. The summed E-state index contributed by atoms with van der Waals surface area (Å²) < 4.78 is 28.8. The Labute approximate surface area is 51.3 Å². The Bertz CT molecular complexity index is 190. The van der Waals surface area contributed by atoms with E-state index in [0.29, 0.717) is 0 Å².